The summed E-state index contributed by atoms with van der Waals surface area (Å²) in [5, 5.41) is 12.4. The molecule has 9 heteroatoms. The van der Waals surface area contributed by atoms with Gasteiger partial charge in [-0.3, -0.25) is 14.3 Å². The highest BCUT2D eigenvalue weighted by atomic mass is 19.1. The van der Waals surface area contributed by atoms with Crippen LogP contribution in [-0.2, 0) is 9.53 Å². The summed E-state index contributed by atoms with van der Waals surface area (Å²) in [5.41, 5.74) is 4.34. The molecule has 8 rings (SSSR count). The predicted octanol–water partition coefficient (Wildman–Crippen LogP) is 7.42. The number of ether oxygens (including phenoxy) is 1. The molecule has 3 aromatic carbocycles. The van der Waals surface area contributed by atoms with Crippen LogP contribution in [0.4, 0.5) is 15.8 Å². The number of aryl methyl sites for hydroxylation is 1. The van der Waals surface area contributed by atoms with Crippen LogP contribution in [-0.4, -0.2) is 51.8 Å². The van der Waals surface area contributed by atoms with E-state index < -0.39 is 17.8 Å². The fourth-order valence-electron chi connectivity index (χ4n) is 8.57. The van der Waals surface area contributed by atoms with Crippen LogP contribution in [0.1, 0.15) is 84.9 Å². The van der Waals surface area contributed by atoms with Crippen molar-refractivity contribution in [3.63, 3.8) is 0 Å². The Morgan fingerprint density at radius 1 is 0.936 bits per heavy atom. The van der Waals surface area contributed by atoms with Crippen molar-refractivity contribution in [3.05, 3.63) is 89.4 Å². The summed E-state index contributed by atoms with van der Waals surface area (Å²) >= 11 is 0. The smallest absolute Gasteiger partial charge is 0.257 e. The first-order valence-corrected chi connectivity index (χ1v) is 17.2. The van der Waals surface area contributed by atoms with Crippen molar-refractivity contribution in [1.29, 1.82) is 0 Å². The van der Waals surface area contributed by atoms with Crippen LogP contribution in [0.15, 0.2) is 66.9 Å². The van der Waals surface area contributed by atoms with Crippen LogP contribution in [0.2, 0.25) is 0 Å². The van der Waals surface area contributed by atoms with Gasteiger partial charge < -0.3 is 20.3 Å². The number of piperidine rings is 1. The number of carbonyl (C=O) groups is 2. The van der Waals surface area contributed by atoms with Crippen LogP contribution in [0.3, 0.4) is 0 Å². The fourth-order valence-corrected chi connectivity index (χ4v) is 8.57. The van der Waals surface area contributed by atoms with E-state index in [0.717, 1.165) is 41.4 Å². The van der Waals surface area contributed by atoms with E-state index in [4.69, 9.17) is 4.74 Å². The summed E-state index contributed by atoms with van der Waals surface area (Å²) in [5.74, 6) is -1.32. The van der Waals surface area contributed by atoms with E-state index in [-0.39, 0.29) is 35.4 Å². The molecule has 8 nitrogen and oxygen atoms in total. The first-order chi connectivity index (χ1) is 22.9. The van der Waals surface area contributed by atoms with Gasteiger partial charge in [0.25, 0.3) is 5.91 Å². The van der Waals surface area contributed by atoms with Crippen LogP contribution in [0, 0.1) is 24.6 Å². The number of fused-ring (bicyclic) bond motifs is 2. The normalized spacial score (nSPS) is 24.7. The zero-order valence-electron chi connectivity index (χ0n) is 26.8. The molecule has 0 spiro atoms. The highest BCUT2D eigenvalue weighted by Crippen LogP contribution is 2.49. The topological polar surface area (TPSA) is 88.5 Å². The molecule has 2 saturated carbocycles. The number of hydrogen-bond donors (Lipinski definition) is 2. The number of benzene rings is 3. The highest BCUT2D eigenvalue weighted by Gasteiger charge is 2.50. The Labute approximate surface area is 274 Å². The van der Waals surface area contributed by atoms with Gasteiger partial charge in [0.05, 0.1) is 48.5 Å². The zero-order valence-corrected chi connectivity index (χ0v) is 26.8. The Bertz CT molecular complexity index is 1770. The van der Waals surface area contributed by atoms with E-state index in [1.54, 1.807) is 19.1 Å². The van der Waals surface area contributed by atoms with Gasteiger partial charge in [0.15, 0.2) is 0 Å². The SMILES string of the molecule is Cc1cccc(F)c1C(=O)N1C2CCCC2CC(C(=O)Nc2ccc3c(cnn3C3COC3)c2)C1c1ccc(NC2CCCC2)cc1. The molecule has 2 N–H and O–H groups in total. The molecule has 3 heterocycles. The third kappa shape index (κ3) is 5.58. The van der Waals surface area contributed by atoms with Gasteiger partial charge in [-0.2, -0.15) is 5.10 Å². The molecule has 4 unspecified atom stereocenters. The molecule has 2 saturated heterocycles. The second-order valence-electron chi connectivity index (χ2n) is 14.0. The molecule has 2 aliphatic carbocycles. The molecule has 47 heavy (non-hydrogen) atoms. The van der Waals surface area contributed by atoms with Gasteiger partial charge in [-0.05, 0) is 92.5 Å². The van der Waals surface area contributed by atoms with Gasteiger partial charge in [0, 0.05) is 28.8 Å². The minimum atomic E-state index is -0.536. The molecule has 4 atom stereocenters. The fraction of sp³-hybridized carbons (Fsp3) is 0.447. The van der Waals surface area contributed by atoms with E-state index >= 15 is 4.39 Å². The maximum Gasteiger partial charge on any atom is 0.257 e. The molecule has 0 radical (unpaired) electrons. The summed E-state index contributed by atoms with van der Waals surface area (Å²) in [6, 6.07) is 19.0. The summed E-state index contributed by atoms with van der Waals surface area (Å²) in [6.45, 7) is 3.09. The molecule has 1 aromatic heterocycles. The Morgan fingerprint density at radius 2 is 1.72 bits per heavy atom. The third-order valence-corrected chi connectivity index (χ3v) is 11.0. The van der Waals surface area contributed by atoms with Crippen molar-refractivity contribution in [2.45, 2.75) is 82.5 Å². The third-order valence-electron chi connectivity index (χ3n) is 11.0. The Kier molecular flexibility index (Phi) is 7.95. The summed E-state index contributed by atoms with van der Waals surface area (Å²) in [4.78, 5) is 30.8. The average molecular weight is 636 g/mol. The quantitative estimate of drug-likeness (QED) is 0.221. The average Bonchev–Trinajstić information content (AvgIpc) is 3.82. The van der Waals surface area contributed by atoms with E-state index in [1.165, 1.54) is 31.7 Å². The van der Waals surface area contributed by atoms with Crippen LogP contribution >= 0.6 is 0 Å². The van der Waals surface area contributed by atoms with Gasteiger partial charge in [0.2, 0.25) is 5.91 Å². The van der Waals surface area contributed by atoms with Gasteiger partial charge in [-0.1, -0.05) is 43.5 Å². The second-order valence-corrected chi connectivity index (χ2v) is 14.0. The van der Waals surface area contributed by atoms with E-state index in [1.807, 2.05) is 34.0 Å². The number of halogens is 1. The van der Waals surface area contributed by atoms with Crippen molar-refractivity contribution in [2.24, 2.45) is 11.8 Å². The van der Waals surface area contributed by atoms with Crippen molar-refractivity contribution in [2.75, 3.05) is 23.8 Å². The standard InChI is InChI=1S/C38H42FN5O3/c1-23-6-4-10-32(39)35(23)38(46)43-33-11-5-7-25(33)19-31(36(43)24-12-14-28(15-13-24)41-27-8-2-3-9-27)37(45)42-29-16-17-34-26(18-29)20-40-44(34)30-21-47-22-30/h4,6,10,12-18,20,25,27,30-31,33,36,41H,2-3,5,7-9,11,19,21-22H2,1H3,(H,42,45). The molecule has 4 aromatic rings. The van der Waals surface area contributed by atoms with Gasteiger partial charge in [-0.25, -0.2) is 4.39 Å². The highest BCUT2D eigenvalue weighted by molar-refractivity contribution is 5.99. The maximum atomic E-state index is 15.4. The summed E-state index contributed by atoms with van der Waals surface area (Å²) in [7, 11) is 0. The summed E-state index contributed by atoms with van der Waals surface area (Å²) < 4.78 is 22.7. The summed E-state index contributed by atoms with van der Waals surface area (Å²) in [6.07, 6.45) is 10.1. The van der Waals surface area contributed by atoms with Crippen LogP contribution in [0.25, 0.3) is 10.9 Å². The molecule has 2 aliphatic heterocycles. The minimum Gasteiger partial charge on any atom is -0.382 e. The van der Waals surface area contributed by atoms with E-state index in [2.05, 4.69) is 40.0 Å². The molecular formula is C38H42FN5O3. The zero-order chi connectivity index (χ0) is 32.1. The number of amides is 2. The largest absolute Gasteiger partial charge is 0.382 e. The Hall–Kier alpha value is -4.24. The predicted molar refractivity (Wildman–Crippen MR) is 180 cm³/mol. The van der Waals surface area contributed by atoms with Crippen molar-refractivity contribution in [3.8, 4) is 0 Å². The Morgan fingerprint density at radius 3 is 2.47 bits per heavy atom. The lowest BCUT2D eigenvalue weighted by molar-refractivity contribution is -0.125. The van der Waals surface area contributed by atoms with Gasteiger partial charge >= 0.3 is 0 Å². The number of nitrogens with one attached hydrogen (secondary N) is 2. The lowest BCUT2D eigenvalue weighted by Gasteiger charge is -2.48. The molecule has 4 aliphatic rings. The van der Waals surface area contributed by atoms with Crippen molar-refractivity contribution in [1.82, 2.24) is 14.7 Å². The number of carbonyl (C=O) groups excluding carboxylic acids is 2. The number of hydrogen-bond acceptors (Lipinski definition) is 5. The first kappa shape index (κ1) is 30.1. The minimum absolute atomic E-state index is 0.0514. The van der Waals surface area contributed by atoms with Crippen molar-refractivity contribution >= 4 is 34.1 Å². The van der Waals surface area contributed by atoms with E-state index in [0.29, 0.717) is 36.9 Å². The lowest BCUT2D eigenvalue weighted by Crippen LogP contribution is -2.54. The second kappa shape index (κ2) is 12.4. The molecule has 0 bridgehead atoms. The Balaban J connectivity index is 1.15. The number of anilines is 2. The van der Waals surface area contributed by atoms with E-state index in [9.17, 15) is 9.59 Å². The first-order valence-electron chi connectivity index (χ1n) is 17.2. The number of aromatic nitrogens is 2. The molecular weight excluding hydrogens is 593 g/mol. The lowest BCUT2D eigenvalue weighted by atomic mass is 9.76. The number of likely N-dealkylation sites (tertiary alicyclic amines) is 1. The van der Waals surface area contributed by atoms with Crippen LogP contribution < -0.4 is 10.6 Å². The van der Waals surface area contributed by atoms with Gasteiger partial charge in [0.1, 0.15) is 5.82 Å². The van der Waals surface area contributed by atoms with Crippen molar-refractivity contribution < 1.29 is 18.7 Å². The maximum absolute atomic E-state index is 15.4. The molecule has 2 amide bonds. The monoisotopic (exact) mass is 635 g/mol. The number of rotatable bonds is 7. The molecule has 244 valence electrons. The molecule has 4 fully saturated rings. The van der Waals surface area contributed by atoms with Gasteiger partial charge in [-0.15, -0.1) is 0 Å². The van der Waals surface area contributed by atoms with Crippen LogP contribution in [0.5, 0.6) is 0 Å². The number of nitrogens with zero attached hydrogens (tertiary/aromatic N) is 3.